The van der Waals surface area contributed by atoms with Crippen LogP contribution in [0.4, 0.5) is 0 Å². The average Bonchev–Trinajstić information content (AvgIpc) is 1.98. The fraction of sp³-hybridized carbons (Fsp3) is 0.125. The Morgan fingerprint density at radius 2 is 2.27 bits per heavy atom. The molecule has 0 saturated heterocycles. The summed E-state index contributed by atoms with van der Waals surface area (Å²) in [6, 6.07) is 5.32. The van der Waals surface area contributed by atoms with Crippen LogP contribution in [0, 0.1) is 6.54 Å². The molecule has 1 rings (SSSR count). The van der Waals surface area contributed by atoms with E-state index >= 15 is 0 Å². The van der Waals surface area contributed by atoms with Crippen LogP contribution >= 0.6 is 15.9 Å². The molecule has 1 aromatic carbocycles. The Kier molecular flexibility index (Phi) is 2.91. The highest BCUT2D eigenvalue weighted by molar-refractivity contribution is 9.10. The Morgan fingerprint density at radius 1 is 1.55 bits per heavy atom. The Balaban J connectivity index is 2.86. The van der Waals surface area contributed by atoms with Crippen molar-refractivity contribution in [3.8, 4) is 5.75 Å². The Bertz CT molecular complexity index is 250. The van der Waals surface area contributed by atoms with Crippen molar-refractivity contribution >= 4 is 15.9 Å². The van der Waals surface area contributed by atoms with Crippen LogP contribution in [0.2, 0.25) is 0 Å². The summed E-state index contributed by atoms with van der Waals surface area (Å²) in [5, 5.41) is 9.12. The molecule has 0 aliphatic rings. The average molecular weight is 215 g/mol. The highest BCUT2D eigenvalue weighted by Gasteiger charge is 1.95. The topological polar surface area (TPSA) is 46.2 Å². The van der Waals surface area contributed by atoms with Gasteiger partial charge in [0, 0.05) is 0 Å². The van der Waals surface area contributed by atoms with Gasteiger partial charge in [-0.15, -0.1) is 6.42 Å². The summed E-state index contributed by atoms with van der Waals surface area (Å²) in [6.07, 6.45) is 0.721. The highest BCUT2D eigenvalue weighted by Crippen LogP contribution is 2.24. The van der Waals surface area contributed by atoms with E-state index in [9.17, 15) is 0 Å². The lowest BCUT2D eigenvalue weighted by molar-refractivity contribution is 0.471. The standard InChI is InChI=1S/C8H9BrNO/c9-7-5-6(3-4-10)1-2-8(7)11/h1-2,4-5,11H,3,10H2/q-1. The number of phenolic OH excluding ortho intramolecular Hbond substituents is 1. The Hall–Kier alpha value is -0.540. The molecular weight excluding hydrogens is 206 g/mol. The minimum atomic E-state index is 0.255. The first-order valence-electron chi connectivity index (χ1n) is 3.25. The van der Waals surface area contributed by atoms with Gasteiger partial charge in [0.25, 0.3) is 0 Å². The maximum Gasteiger partial charge on any atom is 0.129 e. The molecule has 60 valence electrons. The number of nitrogens with two attached hydrogens (primary N) is 1. The summed E-state index contributed by atoms with van der Waals surface area (Å²) < 4.78 is 0.705. The molecule has 3 N–H and O–H groups in total. The summed E-state index contributed by atoms with van der Waals surface area (Å²) in [7, 11) is 0. The largest absolute Gasteiger partial charge is 0.507 e. The second kappa shape index (κ2) is 3.74. The molecule has 0 atom stereocenters. The zero-order valence-electron chi connectivity index (χ0n) is 5.92. The van der Waals surface area contributed by atoms with Crippen molar-refractivity contribution in [2.24, 2.45) is 5.73 Å². The van der Waals surface area contributed by atoms with Gasteiger partial charge in [0.05, 0.1) is 4.47 Å². The Labute approximate surface area is 74.2 Å². The summed E-state index contributed by atoms with van der Waals surface area (Å²) in [5.41, 5.74) is 6.33. The smallest absolute Gasteiger partial charge is 0.129 e. The van der Waals surface area contributed by atoms with Gasteiger partial charge in [0.15, 0.2) is 0 Å². The predicted molar refractivity (Wildman–Crippen MR) is 48.0 cm³/mol. The molecule has 0 amide bonds. The first kappa shape index (κ1) is 8.56. The normalized spacial score (nSPS) is 10.0. The van der Waals surface area contributed by atoms with Crippen molar-refractivity contribution in [3.63, 3.8) is 0 Å². The zero-order chi connectivity index (χ0) is 8.27. The highest BCUT2D eigenvalue weighted by atomic mass is 79.9. The van der Waals surface area contributed by atoms with Gasteiger partial charge >= 0.3 is 0 Å². The number of aromatic hydroxyl groups is 1. The first-order chi connectivity index (χ1) is 5.24. The number of phenols is 1. The van der Waals surface area contributed by atoms with Crippen LogP contribution in [0.1, 0.15) is 5.56 Å². The molecule has 0 saturated carbocycles. The van der Waals surface area contributed by atoms with Gasteiger partial charge in [0.1, 0.15) is 5.75 Å². The molecule has 0 unspecified atom stereocenters. The van der Waals surface area contributed by atoms with Gasteiger partial charge in [-0.2, -0.15) is 0 Å². The Morgan fingerprint density at radius 3 is 2.82 bits per heavy atom. The lowest BCUT2D eigenvalue weighted by Crippen LogP contribution is -1.94. The maximum absolute atomic E-state index is 9.12. The number of hydrogen-bond donors (Lipinski definition) is 2. The van der Waals surface area contributed by atoms with Crippen molar-refractivity contribution in [2.45, 2.75) is 6.42 Å². The minimum absolute atomic E-state index is 0.255. The van der Waals surface area contributed by atoms with E-state index in [1.807, 2.05) is 12.1 Å². The zero-order valence-corrected chi connectivity index (χ0v) is 7.51. The van der Waals surface area contributed by atoms with Crippen molar-refractivity contribution in [2.75, 3.05) is 0 Å². The van der Waals surface area contributed by atoms with Crippen molar-refractivity contribution in [1.82, 2.24) is 0 Å². The molecular formula is C8H9BrNO-. The van der Waals surface area contributed by atoms with Gasteiger partial charge in [-0.05, 0) is 28.1 Å². The third kappa shape index (κ3) is 2.20. The summed E-state index contributed by atoms with van der Waals surface area (Å²) in [5.74, 6) is 0.255. The van der Waals surface area contributed by atoms with E-state index in [0.29, 0.717) is 4.47 Å². The van der Waals surface area contributed by atoms with E-state index in [1.54, 1.807) is 12.6 Å². The van der Waals surface area contributed by atoms with Crippen molar-refractivity contribution < 1.29 is 5.11 Å². The van der Waals surface area contributed by atoms with Gasteiger partial charge in [-0.3, -0.25) is 6.54 Å². The number of halogens is 1. The maximum atomic E-state index is 9.12. The second-order valence-electron chi connectivity index (χ2n) is 2.23. The molecule has 0 fully saturated rings. The third-order valence-electron chi connectivity index (χ3n) is 1.37. The third-order valence-corrected chi connectivity index (χ3v) is 2.00. The van der Waals surface area contributed by atoms with Crippen molar-refractivity contribution in [1.29, 1.82) is 0 Å². The minimum Gasteiger partial charge on any atom is -0.507 e. The molecule has 11 heavy (non-hydrogen) atoms. The van der Waals surface area contributed by atoms with Gasteiger partial charge in [0.2, 0.25) is 0 Å². The molecule has 0 bridgehead atoms. The molecule has 0 aromatic heterocycles. The quantitative estimate of drug-likeness (QED) is 0.739. The summed E-state index contributed by atoms with van der Waals surface area (Å²) >= 11 is 3.21. The predicted octanol–water partition coefficient (Wildman–Crippen LogP) is 1.82. The molecule has 3 heteroatoms. The summed E-state index contributed by atoms with van der Waals surface area (Å²) in [6.45, 7) is 1.58. The molecule has 0 aliphatic carbocycles. The van der Waals surface area contributed by atoms with E-state index in [0.717, 1.165) is 12.0 Å². The van der Waals surface area contributed by atoms with Gasteiger partial charge < -0.3 is 10.8 Å². The molecule has 2 nitrogen and oxygen atoms in total. The van der Waals surface area contributed by atoms with Crippen LogP contribution in [-0.2, 0) is 6.42 Å². The van der Waals surface area contributed by atoms with Crippen LogP contribution in [-0.4, -0.2) is 5.11 Å². The SMILES string of the molecule is N[CH-]Cc1ccc(O)c(Br)c1. The monoisotopic (exact) mass is 214 g/mol. The van der Waals surface area contributed by atoms with E-state index in [-0.39, 0.29) is 5.75 Å². The van der Waals surface area contributed by atoms with Crippen LogP contribution in [0.3, 0.4) is 0 Å². The fourth-order valence-corrected chi connectivity index (χ4v) is 1.24. The number of rotatable bonds is 2. The lowest BCUT2D eigenvalue weighted by atomic mass is 10.1. The van der Waals surface area contributed by atoms with Crippen LogP contribution in [0.5, 0.6) is 5.75 Å². The molecule has 0 spiro atoms. The van der Waals surface area contributed by atoms with E-state index in [1.165, 1.54) is 0 Å². The molecule has 0 radical (unpaired) electrons. The number of benzene rings is 1. The van der Waals surface area contributed by atoms with E-state index in [4.69, 9.17) is 10.8 Å². The molecule has 1 aromatic rings. The second-order valence-corrected chi connectivity index (χ2v) is 3.08. The molecule has 0 aliphatic heterocycles. The fourth-order valence-electron chi connectivity index (χ4n) is 0.813. The molecule has 0 heterocycles. The van der Waals surface area contributed by atoms with Crippen LogP contribution in [0.15, 0.2) is 22.7 Å². The summed E-state index contributed by atoms with van der Waals surface area (Å²) in [4.78, 5) is 0. The number of hydrogen-bond acceptors (Lipinski definition) is 2. The van der Waals surface area contributed by atoms with Crippen LogP contribution < -0.4 is 5.73 Å². The van der Waals surface area contributed by atoms with Crippen LogP contribution in [0.25, 0.3) is 0 Å². The van der Waals surface area contributed by atoms with E-state index < -0.39 is 0 Å². The lowest BCUT2D eigenvalue weighted by Gasteiger charge is -2.06. The first-order valence-corrected chi connectivity index (χ1v) is 4.04. The van der Waals surface area contributed by atoms with E-state index in [2.05, 4.69) is 15.9 Å². The van der Waals surface area contributed by atoms with Crippen molar-refractivity contribution in [3.05, 3.63) is 34.8 Å². The van der Waals surface area contributed by atoms with Gasteiger partial charge in [-0.1, -0.05) is 11.6 Å². The van der Waals surface area contributed by atoms with Gasteiger partial charge in [-0.25, -0.2) is 0 Å².